The molecule has 0 saturated heterocycles. The van der Waals surface area contributed by atoms with E-state index in [2.05, 4.69) is 25.6 Å². The van der Waals surface area contributed by atoms with E-state index in [0.717, 1.165) is 25.7 Å². The molecule has 2 heterocycles. The first kappa shape index (κ1) is 17.1. The van der Waals surface area contributed by atoms with Crippen LogP contribution in [0.4, 0.5) is 11.8 Å². The topological polar surface area (TPSA) is 104 Å². The Kier molecular flexibility index (Phi) is 5.08. The summed E-state index contributed by atoms with van der Waals surface area (Å²) in [6.07, 6.45) is 6.86. The molecule has 0 aromatic carbocycles. The van der Waals surface area contributed by atoms with Gasteiger partial charge in [-0.15, -0.1) is 0 Å². The Hall–Kier alpha value is -2.75. The van der Waals surface area contributed by atoms with Gasteiger partial charge in [0.15, 0.2) is 5.82 Å². The lowest BCUT2D eigenvalue weighted by Crippen LogP contribution is -2.25. The second kappa shape index (κ2) is 7.43. The lowest BCUT2D eigenvalue weighted by molar-refractivity contribution is -0.120. The maximum atomic E-state index is 12.4. The van der Waals surface area contributed by atoms with Crippen molar-refractivity contribution in [2.24, 2.45) is 5.92 Å². The van der Waals surface area contributed by atoms with Crippen LogP contribution in [0.1, 0.15) is 51.6 Å². The number of aromatic nitrogens is 3. The number of amides is 1. The monoisotopic (exact) mass is 338 g/mol. The summed E-state index contributed by atoms with van der Waals surface area (Å²) >= 11 is 0. The Balaban J connectivity index is 1.90. The highest BCUT2D eigenvalue weighted by atomic mass is 16.2. The van der Waals surface area contributed by atoms with E-state index in [1.54, 1.807) is 12.3 Å². The Morgan fingerprint density at radius 3 is 2.72 bits per heavy atom. The van der Waals surface area contributed by atoms with Gasteiger partial charge in [0, 0.05) is 23.5 Å². The van der Waals surface area contributed by atoms with Crippen LogP contribution in [0.25, 0.3) is 10.9 Å². The molecule has 1 aliphatic carbocycles. The van der Waals surface area contributed by atoms with Gasteiger partial charge in [-0.3, -0.25) is 10.1 Å². The number of anilines is 2. The standard InChI is InChI=1S/C18H22N6O/c1-11(2)21-16-15-13(8-14(9-19)22-16)10-20-18(23-15)24-17(25)12-6-4-3-5-7-12/h8,10-12H,3-7H2,1-2H3,(H,21,22)(H,20,23,24,25). The first-order valence-corrected chi connectivity index (χ1v) is 8.72. The molecule has 1 fully saturated rings. The van der Waals surface area contributed by atoms with Crippen molar-refractivity contribution in [3.8, 4) is 6.07 Å². The zero-order valence-electron chi connectivity index (χ0n) is 14.5. The quantitative estimate of drug-likeness (QED) is 0.887. The molecule has 1 aliphatic rings. The summed E-state index contributed by atoms with van der Waals surface area (Å²) in [4.78, 5) is 25.4. The van der Waals surface area contributed by atoms with Gasteiger partial charge in [0.2, 0.25) is 11.9 Å². The Bertz CT molecular complexity index is 820. The normalized spacial score (nSPS) is 15.1. The zero-order chi connectivity index (χ0) is 17.8. The minimum absolute atomic E-state index is 0.0148. The number of carbonyl (C=O) groups is 1. The summed E-state index contributed by atoms with van der Waals surface area (Å²) < 4.78 is 0. The van der Waals surface area contributed by atoms with Crippen LogP contribution >= 0.6 is 0 Å². The molecule has 0 unspecified atom stereocenters. The van der Waals surface area contributed by atoms with Gasteiger partial charge in [-0.25, -0.2) is 15.0 Å². The van der Waals surface area contributed by atoms with E-state index < -0.39 is 0 Å². The molecular formula is C18H22N6O. The van der Waals surface area contributed by atoms with E-state index in [1.165, 1.54) is 6.42 Å². The number of nitrogens with one attached hydrogen (secondary N) is 2. The second-order valence-corrected chi connectivity index (χ2v) is 6.72. The highest BCUT2D eigenvalue weighted by molar-refractivity contribution is 5.93. The molecule has 0 radical (unpaired) electrons. The van der Waals surface area contributed by atoms with Crippen molar-refractivity contribution >= 4 is 28.6 Å². The molecule has 1 saturated carbocycles. The van der Waals surface area contributed by atoms with Crippen molar-refractivity contribution in [2.75, 3.05) is 10.6 Å². The smallest absolute Gasteiger partial charge is 0.230 e. The van der Waals surface area contributed by atoms with Crippen LogP contribution in [0.2, 0.25) is 0 Å². The molecular weight excluding hydrogens is 316 g/mol. The number of nitriles is 1. The lowest BCUT2D eigenvalue weighted by Gasteiger charge is -2.20. The lowest BCUT2D eigenvalue weighted by atomic mass is 9.89. The van der Waals surface area contributed by atoms with Crippen molar-refractivity contribution < 1.29 is 4.79 Å². The van der Waals surface area contributed by atoms with Crippen molar-refractivity contribution in [1.29, 1.82) is 5.26 Å². The highest BCUT2D eigenvalue weighted by Gasteiger charge is 2.22. The summed E-state index contributed by atoms with van der Waals surface area (Å²) in [6, 6.07) is 3.83. The number of nitrogens with zero attached hydrogens (tertiary/aromatic N) is 4. The fourth-order valence-electron chi connectivity index (χ4n) is 3.11. The first-order valence-electron chi connectivity index (χ1n) is 8.72. The van der Waals surface area contributed by atoms with Crippen LogP contribution in [-0.4, -0.2) is 26.9 Å². The predicted octanol–water partition coefficient (Wildman–Crippen LogP) is 3.24. The van der Waals surface area contributed by atoms with Crippen LogP contribution < -0.4 is 10.6 Å². The van der Waals surface area contributed by atoms with Gasteiger partial charge in [0.05, 0.1) is 0 Å². The van der Waals surface area contributed by atoms with E-state index >= 15 is 0 Å². The minimum atomic E-state index is -0.0148. The average Bonchev–Trinajstić information content (AvgIpc) is 2.62. The third-order valence-electron chi connectivity index (χ3n) is 4.32. The van der Waals surface area contributed by atoms with E-state index in [1.807, 2.05) is 19.9 Å². The molecule has 0 atom stereocenters. The molecule has 2 aromatic heterocycles. The largest absolute Gasteiger partial charge is 0.366 e. The van der Waals surface area contributed by atoms with Gasteiger partial charge in [-0.05, 0) is 32.8 Å². The van der Waals surface area contributed by atoms with Crippen molar-refractivity contribution in [3.63, 3.8) is 0 Å². The molecule has 130 valence electrons. The number of fused-ring (bicyclic) bond motifs is 1. The third-order valence-corrected chi connectivity index (χ3v) is 4.32. The summed E-state index contributed by atoms with van der Waals surface area (Å²) in [5.74, 6) is 0.834. The predicted molar refractivity (Wildman–Crippen MR) is 96.0 cm³/mol. The Morgan fingerprint density at radius 2 is 2.04 bits per heavy atom. The molecule has 7 nitrogen and oxygen atoms in total. The van der Waals surface area contributed by atoms with Gasteiger partial charge in [-0.2, -0.15) is 5.26 Å². The fraction of sp³-hybridized carbons (Fsp3) is 0.500. The highest BCUT2D eigenvalue weighted by Crippen LogP contribution is 2.25. The first-order chi connectivity index (χ1) is 12.1. The van der Waals surface area contributed by atoms with Crippen molar-refractivity contribution in [1.82, 2.24) is 15.0 Å². The SMILES string of the molecule is CC(C)Nc1nc(C#N)cc2cnc(NC(=O)C3CCCCC3)nc12. The summed E-state index contributed by atoms with van der Waals surface area (Å²) in [5, 5.41) is 15.9. The van der Waals surface area contributed by atoms with Gasteiger partial charge in [0.25, 0.3) is 0 Å². The fourth-order valence-corrected chi connectivity index (χ4v) is 3.11. The van der Waals surface area contributed by atoms with Gasteiger partial charge >= 0.3 is 0 Å². The van der Waals surface area contributed by atoms with Gasteiger partial charge in [-0.1, -0.05) is 19.3 Å². The molecule has 2 N–H and O–H groups in total. The molecule has 0 spiro atoms. The van der Waals surface area contributed by atoms with Crippen LogP contribution in [0.3, 0.4) is 0 Å². The number of pyridine rings is 1. The van der Waals surface area contributed by atoms with Crippen LogP contribution in [-0.2, 0) is 4.79 Å². The molecule has 25 heavy (non-hydrogen) atoms. The number of hydrogen-bond donors (Lipinski definition) is 2. The zero-order valence-corrected chi connectivity index (χ0v) is 14.5. The Labute approximate surface area is 146 Å². The molecule has 0 bridgehead atoms. The van der Waals surface area contributed by atoms with Crippen LogP contribution in [0, 0.1) is 17.2 Å². The molecule has 0 aliphatic heterocycles. The number of carbonyl (C=O) groups excluding carboxylic acids is 1. The molecule has 2 aromatic rings. The van der Waals surface area contributed by atoms with E-state index in [9.17, 15) is 4.79 Å². The minimum Gasteiger partial charge on any atom is -0.366 e. The van der Waals surface area contributed by atoms with Crippen LogP contribution in [0.15, 0.2) is 12.3 Å². The summed E-state index contributed by atoms with van der Waals surface area (Å²) in [6.45, 7) is 3.97. The average molecular weight is 338 g/mol. The number of rotatable bonds is 4. The second-order valence-electron chi connectivity index (χ2n) is 6.72. The van der Waals surface area contributed by atoms with Crippen molar-refractivity contribution in [3.05, 3.63) is 18.0 Å². The van der Waals surface area contributed by atoms with Gasteiger partial charge in [0.1, 0.15) is 17.3 Å². The molecule has 7 heteroatoms. The van der Waals surface area contributed by atoms with Gasteiger partial charge < -0.3 is 5.32 Å². The van der Waals surface area contributed by atoms with Crippen LogP contribution in [0.5, 0.6) is 0 Å². The summed E-state index contributed by atoms with van der Waals surface area (Å²) in [5.41, 5.74) is 0.903. The molecule has 3 rings (SSSR count). The van der Waals surface area contributed by atoms with E-state index in [-0.39, 0.29) is 23.8 Å². The maximum Gasteiger partial charge on any atom is 0.230 e. The Morgan fingerprint density at radius 1 is 1.28 bits per heavy atom. The third kappa shape index (κ3) is 4.02. The maximum absolute atomic E-state index is 12.4. The van der Waals surface area contributed by atoms with Crippen molar-refractivity contribution in [2.45, 2.75) is 52.0 Å². The van der Waals surface area contributed by atoms with E-state index in [0.29, 0.717) is 22.4 Å². The molecule has 1 amide bonds. The summed E-state index contributed by atoms with van der Waals surface area (Å²) in [7, 11) is 0. The van der Waals surface area contributed by atoms with E-state index in [4.69, 9.17) is 5.26 Å². The number of hydrogen-bond acceptors (Lipinski definition) is 6.